The van der Waals surface area contributed by atoms with E-state index in [0.29, 0.717) is 11.8 Å². The topological polar surface area (TPSA) is 44.2 Å². The third-order valence-corrected chi connectivity index (χ3v) is 4.43. The van der Waals surface area contributed by atoms with Gasteiger partial charge >= 0.3 is 0 Å². The van der Waals surface area contributed by atoms with Gasteiger partial charge in [-0.15, -0.1) is 0 Å². The van der Waals surface area contributed by atoms with Crippen molar-refractivity contribution >= 4 is 11.8 Å². The summed E-state index contributed by atoms with van der Waals surface area (Å²) in [5.41, 5.74) is 2.78. The smallest absolute Gasteiger partial charge is 0.278 e. The van der Waals surface area contributed by atoms with Crippen LogP contribution in [0.5, 0.6) is 11.8 Å². The zero-order chi connectivity index (χ0) is 14.7. The van der Waals surface area contributed by atoms with Gasteiger partial charge in [0.1, 0.15) is 5.03 Å². The van der Waals surface area contributed by atoms with Gasteiger partial charge in [0.25, 0.3) is 11.8 Å². The maximum absolute atomic E-state index is 5.18. The lowest BCUT2D eigenvalue weighted by Crippen LogP contribution is -1.97. The minimum atomic E-state index is 0.414. The fourth-order valence-corrected chi connectivity index (χ4v) is 2.97. The molecule has 1 aliphatic carbocycles. The Morgan fingerprint density at radius 1 is 1.19 bits per heavy atom. The van der Waals surface area contributed by atoms with Crippen LogP contribution in [0.4, 0.5) is 0 Å². The van der Waals surface area contributed by atoms with Gasteiger partial charge in [-0.2, -0.15) is 0 Å². The van der Waals surface area contributed by atoms with Crippen LogP contribution in [-0.4, -0.2) is 24.2 Å². The summed E-state index contributed by atoms with van der Waals surface area (Å²) in [6, 6.07) is 8.83. The van der Waals surface area contributed by atoms with Crippen molar-refractivity contribution in [2.75, 3.05) is 14.2 Å². The van der Waals surface area contributed by atoms with Gasteiger partial charge in [-0.1, -0.05) is 36.0 Å². The Morgan fingerprint density at radius 3 is 2.71 bits per heavy atom. The highest BCUT2D eigenvalue weighted by Gasteiger charge is 2.23. The Labute approximate surface area is 128 Å². The molecule has 0 N–H and O–H groups in total. The average molecular weight is 302 g/mol. The summed E-state index contributed by atoms with van der Waals surface area (Å²) in [7, 11) is 3.13. The minimum absolute atomic E-state index is 0.414. The molecule has 3 rings (SSSR count). The Hall–Kier alpha value is -1.75. The molecule has 5 heteroatoms. The highest BCUT2D eigenvalue weighted by Crippen LogP contribution is 2.40. The van der Waals surface area contributed by atoms with E-state index in [0.717, 1.165) is 16.7 Å². The predicted molar refractivity (Wildman–Crippen MR) is 83.1 cm³/mol. The van der Waals surface area contributed by atoms with E-state index in [4.69, 9.17) is 9.47 Å². The highest BCUT2D eigenvalue weighted by atomic mass is 32.2. The number of nitrogens with zero attached hydrogens (tertiary/aromatic N) is 2. The van der Waals surface area contributed by atoms with Crippen LogP contribution in [-0.2, 0) is 5.75 Å². The molecule has 0 aliphatic heterocycles. The largest absolute Gasteiger partial charge is 0.477 e. The summed E-state index contributed by atoms with van der Waals surface area (Å²) < 4.78 is 10.3. The molecule has 1 saturated carbocycles. The predicted octanol–water partition coefficient (Wildman–Crippen LogP) is 3.66. The molecular formula is C16H18N2O2S. The normalized spacial score (nSPS) is 14.0. The quantitative estimate of drug-likeness (QED) is 0.762. The molecular weight excluding hydrogens is 284 g/mol. The van der Waals surface area contributed by atoms with Gasteiger partial charge < -0.3 is 9.47 Å². The SMILES string of the molecule is COc1ncc(SCc2cccc(C3CC3)c2)nc1OC. The molecule has 0 radical (unpaired) electrons. The lowest BCUT2D eigenvalue weighted by molar-refractivity contribution is 0.328. The van der Waals surface area contributed by atoms with Crippen LogP contribution in [0.25, 0.3) is 0 Å². The zero-order valence-electron chi connectivity index (χ0n) is 12.2. The van der Waals surface area contributed by atoms with E-state index in [2.05, 4.69) is 34.2 Å². The summed E-state index contributed by atoms with van der Waals surface area (Å²) in [5.74, 6) is 2.51. The first-order valence-electron chi connectivity index (χ1n) is 6.97. The molecule has 1 aliphatic rings. The second kappa shape index (κ2) is 6.35. The molecule has 2 aromatic rings. The molecule has 0 bridgehead atoms. The summed E-state index contributed by atoms with van der Waals surface area (Å²) in [6.07, 6.45) is 4.38. The molecule has 1 fully saturated rings. The van der Waals surface area contributed by atoms with Crippen LogP contribution in [0.3, 0.4) is 0 Å². The van der Waals surface area contributed by atoms with E-state index < -0.39 is 0 Å². The fourth-order valence-electron chi connectivity index (χ4n) is 2.20. The van der Waals surface area contributed by atoms with Crippen molar-refractivity contribution in [1.82, 2.24) is 9.97 Å². The molecule has 1 aromatic heterocycles. The number of aromatic nitrogens is 2. The van der Waals surface area contributed by atoms with Crippen molar-refractivity contribution in [2.24, 2.45) is 0 Å². The molecule has 0 atom stereocenters. The second-order valence-electron chi connectivity index (χ2n) is 5.03. The Morgan fingerprint density at radius 2 is 2.00 bits per heavy atom. The van der Waals surface area contributed by atoms with Gasteiger partial charge in [0.15, 0.2) is 0 Å². The number of benzene rings is 1. The second-order valence-corrected chi connectivity index (χ2v) is 6.03. The van der Waals surface area contributed by atoms with Crippen LogP contribution < -0.4 is 9.47 Å². The standard InChI is InChI=1S/C16H18N2O2S/c1-19-15-16(20-2)18-14(9-17-15)21-10-11-4-3-5-13(8-11)12-6-7-12/h3-5,8-9,12H,6-7,10H2,1-2H3. The van der Waals surface area contributed by atoms with Crippen molar-refractivity contribution in [3.05, 3.63) is 41.6 Å². The van der Waals surface area contributed by atoms with Gasteiger partial charge in [0.05, 0.1) is 20.4 Å². The molecule has 110 valence electrons. The first-order valence-corrected chi connectivity index (χ1v) is 7.95. The van der Waals surface area contributed by atoms with E-state index in [9.17, 15) is 0 Å². The van der Waals surface area contributed by atoms with E-state index in [1.807, 2.05) is 0 Å². The summed E-state index contributed by atoms with van der Waals surface area (Å²) in [5, 5.41) is 0.837. The zero-order valence-corrected chi connectivity index (χ0v) is 13.0. The average Bonchev–Trinajstić information content (AvgIpc) is 3.38. The first-order chi connectivity index (χ1) is 10.3. The van der Waals surface area contributed by atoms with E-state index in [1.165, 1.54) is 24.0 Å². The molecule has 0 unspecified atom stereocenters. The van der Waals surface area contributed by atoms with Crippen LogP contribution >= 0.6 is 11.8 Å². The molecule has 0 saturated heterocycles. The lowest BCUT2D eigenvalue weighted by Gasteiger charge is -2.07. The molecule has 1 aromatic carbocycles. The molecule has 1 heterocycles. The fraction of sp³-hybridized carbons (Fsp3) is 0.375. The Balaban J connectivity index is 1.68. The number of thioether (sulfide) groups is 1. The van der Waals surface area contributed by atoms with Gasteiger partial charge in [0, 0.05) is 5.75 Å². The highest BCUT2D eigenvalue weighted by molar-refractivity contribution is 7.98. The molecule has 21 heavy (non-hydrogen) atoms. The Kier molecular flexibility index (Phi) is 4.29. The molecule has 0 amide bonds. The van der Waals surface area contributed by atoms with Gasteiger partial charge in [-0.05, 0) is 29.9 Å². The van der Waals surface area contributed by atoms with Crippen molar-refractivity contribution in [1.29, 1.82) is 0 Å². The van der Waals surface area contributed by atoms with Crippen molar-refractivity contribution in [2.45, 2.75) is 29.5 Å². The van der Waals surface area contributed by atoms with Crippen molar-refractivity contribution in [3.8, 4) is 11.8 Å². The minimum Gasteiger partial charge on any atom is -0.477 e. The summed E-state index contributed by atoms with van der Waals surface area (Å²) >= 11 is 1.65. The van der Waals surface area contributed by atoms with E-state index >= 15 is 0 Å². The van der Waals surface area contributed by atoms with E-state index in [-0.39, 0.29) is 0 Å². The number of rotatable bonds is 6. The maximum atomic E-state index is 5.18. The molecule has 0 spiro atoms. The van der Waals surface area contributed by atoms with Crippen LogP contribution in [0.15, 0.2) is 35.5 Å². The summed E-state index contributed by atoms with van der Waals surface area (Å²) in [6.45, 7) is 0. The third kappa shape index (κ3) is 3.47. The van der Waals surface area contributed by atoms with Crippen molar-refractivity contribution in [3.63, 3.8) is 0 Å². The van der Waals surface area contributed by atoms with Crippen LogP contribution in [0, 0.1) is 0 Å². The maximum Gasteiger partial charge on any atom is 0.278 e. The van der Waals surface area contributed by atoms with E-state index in [1.54, 1.807) is 32.2 Å². The van der Waals surface area contributed by atoms with Crippen LogP contribution in [0.2, 0.25) is 0 Å². The number of hydrogen-bond acceptors (Lipinski definition) is 5. The number of methoxy groups -OCH3 is 2. The Bertz CT molecular complexity index is 629. The first kappa shape index (κ1) is 14.2. The third-order valence-electron chi connectivity index (χ3n) is 3.46. The van der Waals surface area contributed by atoms with Gasteiger partial charge in [-0.3, -0.25) is 0 Å². The van der Waals surface area contributed by atoms with Crippen LogP contribution in [0.1, 0.15) is 29.9 Å². The lowest BCUT2D eigenvalue weighted by atomic mass is 10.1. The van der Waals surface area contributed by atoms with Crippen molar-refractivity contribution < 1.29 is 9.47 Å². The number of ether oxygens (including phenoxy) is 2. The summed E-state index contributed by atoms with van der Waals surface area (Å²) in [4.78, 5) is 8.61. The van der Waals surface area contributed by atoms with Gasteiger partial charge in [-0.25, -0.2) is 9.97 Å². The monoisotopic (exact) mass is 302 g/mol. The molecule has 4 nitrogen and oxygen atoms in total. The van der Waals surface area contributed by atoms with Gasteiger partial charge in [0.2, 0.25) is 0 Å². The number of hydrogen-bond donors (Lipinski definition) is 0.